The van der Waals surface area contributed by atoms with Gasteiger partial charge >= 0.3 is 0 Å². The Labute approximate surface area is 157 Å². The lowest BCUT2D eigenvalue weighted by molar-refractivity contribution is 0.134. The third kappa shape index (κ3) is 3.12. The molecule has 2 aliphatic rings. The second-order valence-corrected chi connectivity index (χ2v) is 7.39. The van der Waals surface area contributed by atoms with Crippen molar-refractivity contribution in [1.29, 1.82) is 0 Å². The van der Waals surface area contributed by atoms with Crippen LogP contribution >= 0.6 is 0 Å². The third-order valence-electron chi connectivity index (χ3n) is 5.35. The molecule has 0 bridgehead atoms. The van der Waals surface area contributed by atoms with E-state index in [1.54, 1.807) is 4.63 Å². The van der Waals surface area contributed by atoms with Crippen molar-refractivity contribution in [3.63, 3.8) is 0 Å². The molecule has 1 aromatic carbocycles. The largest absolute Gasteiger partial charge is 0.490 e. The van der Waals surface area contributed by atoms with Crippen LogP contribution in [0.4, 0.5) is 5.82 Å². The van der Waals surface area contributed by atoms with Crippen molar-refractivity contribution in [3.05, 3.63) is 46.8 Å². The van der Waals surface area contributed by atoms with E-state index in [4.69, 9.17) is 9.47 Å². The molecule has 3 aromatic rings. The van der Waals surface area contributed by atoms with Gasteiger partial charge in [-0.05, 0) is 48.7 Å². The average molecular weight is 365 g/mol. The number of nitrogens with zero attached hydrogens (tertiary/aromatic N) is 5. The van der Waals surface area contributed by atoms with Crippen LogP contribution < -0.4 is 9.64 Å². The minimum Gasteiger partial charge on any atom is -0.490 e. The average Bonchev–Trinajstić information content (AvgIpc) is 3.26. The first-order valence-corrected chi connectivity index (χ1v) is 9.48. The van der Waals surface area contributed by atoms with E-state index in [0.29, 0.717) is 6.61 Å². The van der Waals surface area contributed by atoms with Crippen molar-refractivity contribution < 1.29 is 9.47 Å². The van der Waals surface area contributed by atoms with Crippen LogP contribution in [0.3, 0.4) is 0 Å². The predicted molar refractivity (Wildman–Crippen MR) is 101 cm³/mol. The van der Waals surface area contributed by atoms with E-state index in [1.807, 2.05) is 6.92 Å². The van der Waals surface area contributed by atoms with E-state index in [-0.39, 0.29) is 6.10 Å². The van der Waals surface area contributed by atoms with Crippen molar-refractivity contribution in [2.75, 3.05) is 18.0 Å². The summed E-state index contributed by atoms with van der Waals surface area (Å²) < 4.78 is 13.4. The fourth-order valence-corrected chi connectivity index (χ4v) is 3.92. The van der Waals surface area contributed by atoms with Crippen molar-refractivity contribution in [2.45, 2.75) is 46.0 Å². The molecule has 7 heteroatoms. The Morgan fingerprint density at radius 3 is 2.70 bits per heavy atom. The SMILES string of the molecule is Cc1nc2cc(C)c(N3CCC(Oc4ccc5c(c4)COC5)CC3)nn2n1. The summed E-state index contributed by atoms with van der Waals surface area (Å²) in [4.78, 5) is 6.71. The lowest BCUT2D eigenvalue weighted by atomic mass is 10.1. The molecule has 1 saturated heterocycles. The lowest BCUT2D eigenvalue weighted by Gasteiger charge is -2.33. The van der Waals surface area contributed by atoms with Crippen LogP contribution in [0.15, 0.2) is 24.3 Å². The number of ether oxygens (including phenoxy) is 2. The van der Waals surface area contributed by atoms with Crippen LogP contribution in [0.1, 0.15) is 35.4 Å². The Balaban J connectivity index is 1.27. The van der Waals surface area contributed by atoms with E-state index >= 15 is 0 Å². The molecule has 0 N–H and O–H groups in total. The van der Waals surface area contributed by atoms with E-state index in [0.717, 1.165) is 61.1 Å². The molecule has 0 aliphatic carbocycles. The lowest BCUT2D eigenvalue weighted by Crippen LogP contribution is -2.39. The zero-order chi connectivity index (χ0) is 18.4. The molecule has 0 atom stereocenters. The highest BCUT2D eigenvalue weighted by atomic mass is 16.5. The number of hydrogen-bond acceptors (Lipinski definition) is 6. The summed E-state index contributed by atoms with van der Waals surface area (Å²) in [5.74, 6) is 2.68. The summed E-state index contributed by atoms with van der Waals surface area (Å²) in [6, 6.07) is 8.36. The molecule has 7 nitrogen and oxygen atoms in total. The van der Waals surface area contributed by atoms with Gasteiger partial charge in [-0.3, -0.25) is 0 Å². The fourth-order valence-electron chi connectivity index (χ4n) is 3.92. The van der Waals surface area contributed by atoms with E-state index in [1.165, 1.54) is 11.1 Å². The van der Waals surface area contributed by atoms with Gasteiger partial charge in [-0.15, -0.1) is 14.8 Å². The molecular formula is C20H23N5O2. The third-order valence-corrected chi connectivity index (χ3v) is 5.35. The number of rotatable bonds is 3. The molecule has 0 saturated carbocycles. The van der Waals surface area contributed by atoms with Crippen LogP contribution in [0, 0.1) is 13.8 Å². The summed E-state index contributed by atoms with van der Waals surface area (Å²) in [7, 11) is 0. The molecule has 4 heterocycles. The normalized spacial score (nSPS) is 17.5. The minimum atomic E-state index is 0.235. The van der Waals surface area contributed by atoms with Gasteiger partial charge < -0.3 is 14.4 Å². The first kappa shape index (κ1) is 16.5. The highest BCUT2D eigenvalue weighted by Crippen LogP contribution is 2.28. The van der Waals surface area contributed by atoms with E-state index in [2.05, 4.69) is 51.3 Å². The monoisotopic (exact) mass is 365 g/mol. The van der Waals surface area contributed by atoms with Crippen molar-refractivity contribution in [2.24, 2.45) is 0 Å². The Morgan fingerprint density at radius 2 is 1.85 bits per heavy atom. The van der Waals surface area contributed by atoms with Crippen LogP contribution in [-0.2, 0) is 18.0 Å². The van der Waals surface area contributed by atoms with Gasteiger partial charge in [0.15, 0.2) is 11.5 Å². The number of fused-ring (bicyclic) bond motifs is 2. The molecule has 0 amide bonds. The summed E-state index contributed by atoms with van der Waals surface area (Å²) in [6.45, 7) is 7.23. The maximum absolute atomic E-state index is 6.24. The molecule has 0 spiro atoms. The van der Waals surface area contributed by atoms with Crippen LogP contribution in [0.5, 0.6) is 5.75 Å². The topological polar surface area (TPSA) is 64.8 Å². The summed E-state index contributed by atoms with van der Waals surface area (Å²) in [6.07, 6.45) is 2.19. The van der Waals surface area contributed by atoms with Crippen LogP contribution in [-0.4, -0.2) is 39.0 Å². The van der Waals surface area contributed by atoms with Gasteiger partial charge in [0, 0.05) is 25.9 Å². The number of anilines is 1. The first-order valence-electron chi connectivity index (χ1n) is 9.48. The van der Waals surface area contributed by atoms with E-state index < -0.39 is 0 Å². The quantitative estimate of drug-likeness (QED) is 0.711. The van der Waals surface area contributed by atoms with Gasteiger partial charge in [-0.1, -0.05) is 6.07 Å². The molecule has 1 fully saturated rings. The van der Waals surface area contributed by atoms with E-state index in [9.17, 15) is 0 Å². The summed E-state index contributed by atoms with van der Waals surface area (Å²) in [5.41, 5.74) is 4.46. The molecule has 5 rings (SSSR count). The molecule has 0 radical (unpaired) electrons. The van der Waals surface area contributed by atoms with Crippen molar-refractivity contribution in [1.82, 2.24) is 19.8 Å². The smallest absolute Gasteiger partial charge is 0.176 e. The molecule has 0 unspecified atom stereocenters. The number of aromatic nitrogens is 4. The Morgan fingerprint density at radius 1 is 1.04 bits per heavy atom. The van der Waals surface area contributed by atoms with Crippen molar-refractivity contribution in [3.8, 4) is 5.75 Å². The predicted octanol–water partition coefficient (Wildman–Crippen LogP) is 2.82. The molecule has 2 aliphatic heterocycles. The van der Waals surface area contributed by atoms with Gasteiger partial charge in [0.2, 0.25) is 0 Å². The Bertz CT molecular complexity index is 991. The van der Waals surface area contributed by atoms with Gasteiger partial charge in [0.05, 0.1) is 13.2 Å². The van der Waals surface area contributed by atoms with Crippen LogP contribution in [0.25, 0.3) is 5.65 Å². The molecular weight excluding hydrogens is 342 g/mol. The number of piperidine rings is 1. The van der Waals surface area contributed by atoms with Gasteiger partial charge in [-0.2, -0.15) is 0 Å². The summed E-state index contributed by atoms with van der Waals surface area (Å²) in [5, 5.41) is 9.02. The Kier molecular flexibility index (Phi) is 3.97. The van der Waals surface area contributed by atoms with Gasteiger partial charge in [-0.25, -0.2) is 4.98 Å². The summed E-state index contributed by atoms with van der Waals surface area (Å²) >= 11 is 0. The first-order chi connectivity index (χ1) is 13.2. The Hall–Kier alpha value is -2.67. The van der Waals surface area contributed by atoms with Gasteiger partial charge in [0.25, 0.3) is 0 Å². The second kappa shape index (κ2) is 6.49. The van der Waals surface area contributed by atoms with Crippen LogP contribution in [0.2, 0.25) is 0 Å². The number of benzene rings is 1. The maximum Gasteiger partial charge on any atom is 0.176 e. The number of aryl methyl sites for hydroxylation is 2. The van der Waals surface area contributed by atoms with Crippen molar-refractivity contribution >= 4 is 11.5 Å². The maximum atomic E-state index is 6.24. The van der Waals surface area contributed by atoms with Gasteiger partial charge in [0.1, 0.15) is 17.7 Å². The highest BCUT2D eigenvalue weighted by Gasteiger charge is 2.24. The second-order valence-electron chi connectivity index (χ2n) is 7.39. The zero-order valence-electron chi connectivity index (χ0n) is 15.7. The molecule has 140 valence electrons. The standard InChI is InChI=1S/C20H23N5O2/c1-13-9-19-21-14(2)22-25(19)23-20(13)24-7-5-17(6-8-24)27-18-4-3-15-11-26-12-16(15)10-18/h3-4,9-10,17H,5-8,11-12H2,1-2H3. The molecule has 27 heavy (non-hydrogen) atoms. The number of hydrogen-bond donors (Lipinski definition) is 0. The fraction of sp³-hybridized carbons (Fsp3) is 0.450. The minimum absolute atomic E-state index is 0.235. The molecule has 2 aromatic heterocycles. The highest BCUT2D eigenvalue weighted by molar-refractivity contribution is 5.52. The zero-order valence-corrected chi connectivity index (χ0v) is 15.7.